The smallest absolute Gasteiger partial charge is 0.404 e. The van der Waals surface area contributed by atoms with Gasteiger partial charge in [-0.15, -0.1) is 0 Å². The van der Waals surface area contributed by atoms with Gasteiger partial charge in [0.25, 0.3) is 0 Å². The van der Waals surface area contributed by atoms with Gasteiger partial charge in [0.2, 0.25) is 0 Å². The molecule has 4 heteroatoms. The van der Waals surface area contributed by atoms with Gasteiger partial charge in [0.1, 0.15) is 6.61 Å². The van der Waals surface area contributed by atoms with Crippen molar-refractivity contribution in [2.45, 2.75) is 0 Å². The van der Waals surface area contributed by atoms with Crippen molar-refractivity contribution in [2.75, 3.05) is 13.2 Å². The number of aliphatic hydroxyl groups excluding tert-OH is 1. The molecule has 0 aromatic heterocycles. The first-order valence-electron chi connectivity index (χ1n) is 1.80. The van der Waals surface area contributed by atoms with Crippen LogP contribution in [0.15, 0.2) is 0 Å². The Morgan fingerprint density at radius 3 is 2.57 bits per heavy atom. The van der Waals surface area contributed by atoms with Gasteiger partial charge in [0.15, 0.2) is 0 Å². The summed E-state index contributed by atoms with van der Waals surface area (Å²) in [6.07, 6.45) is -0.853. The minimum absolute atomic E-state index is 0.0185. The number of nitrogens with two attached hydrogens (primary N) is 1. The van der Waals surface area contributed by atoms with Crippen LogP contribution in [0.2, 0.25) is 0 Å². The first-order chi connectivity index (χ1) is 3.27. The van der Waals surface area contributed by atoms with Crippen molar-refractivity contribution in [3.05, 3.63) is 0 Å². The highest BCUT2D eigenvalue weighted by Crippen LogP contribution is 1.67. The van der Waals surface area contributed by atoms with Crippen molar-refractivity contribution in [2.24, 2.45) is 5.73 Å². The summed E-state index contributed by atoms with van der Waals surface area (Å²) in [5.74, 6) is 0. The second kappa shape index (κ2) is 3.42. The van der Waals surface area contributed by atoms with Crippen LogP contribution in [0.5, 0.6) is 0 Å². The van der Waals surface area contributed by atoms with Gasteiger partial charge in [-0.25, -0.2) is 4.79 Å². The second-order valence-corrected chi connectivity index (χ2v) is 0.891. The number of primary amides is 1. The molecule has 4 nitrogen and oxygen atoms in total. The van der Waals surface area contributed by atoms with E-state index in [1.807, 2.05) is 0 Å². The summed E-state index contributed by atoms with van der Waals surface area (Å²) >= 11 is 0. The molecule has 0 aromatic rings. The molecule has 0 saturated carbocycles. The number of aliphatic hydroxyl groups is 1. The molecule has 0 unspecified atom stereocenters. The van der Waals surface area contributed by atoms with Gasteiger partial charge in [0.05, 0.1) is 6.61 Å². The molecule has 0 radical (unpaired) electrons. The van der Waals surface area contributed by atoms with Gasteiger partial charge in [-0.1, -0.05) is 0 Å². The van der Waals surface area contributed by atoms with E-state index < -0.39 is 6.09 Å². The normalized spacial score (nSPS) is 8.14. The van der Waals surface area contributed by atoms with Gasteiger partial charge < -0.3 is 15.6 Å². The molecule has 0 atom stereocenters. The SMILES string of the molecule is NC(=O)OCCO. The molecule has 0 aliphatic rings. The van der Waals surface area contributed by atoms with Crippen molar-refractivity contribution in [1.29, 1.82) is 0 Å². The molecule has 7 heavy (non-hydrogen) atoms. The number of amides is 1. The molecule has 1 amide bonds. The number of rotatable bonds is 2. The lowest BCUT2D eigenvalue weighted by molar-refractivity contribution is 0.127. The van der Waals surface area contributed by atoms with E-state index in [9.17, 15) is 4.79 Å². The Morgan fingerprint density at radius 1 is 1.86 bits per heavy atom. The third kappa shape index (κ3) is 5.23. The summed E-state index contributed by atoms with van der Waals surface area (Å²) < 4.78 is 4.08. The number of ether oxygens (including phenoxy) is 1. The van der Waals surface area contributed by atoms with Gasteiger partial charge in [-0.2, -0.15) is 0 Å². The van der Waals surface area contributed by atoms with Crippen LogP contribution in [-0.2, 0) is 4.74 Å². The fourth-order valence-electron chi connectivity index (χ4n) is 0.146. The third-order valence-electron chi connectivity index (χ3n) is 0.336. The lowest BCUT2D eigenvalue weighted by Crippen LogP contribution is -2.15. The van der Waals surface area contributed by atoms with Crippen LogP contribution in [0.1, 0.15) is 0 Å². The Kier molecular flexibility index (Phi) is 3.04. The highest BCUT2D eigenvalue weighted by molar-refractivity contribution is 5.64. The summed E-state index contributed by atoms with van der Waals surface area (Å²) in [5, 5.41) is 7.98. The summed E-state index contributed by atoms with van der Waals surface area (Å²) in [6, 6.07) is 0. The quantitative estimate of drug-likeness (QED) is 0.476. The Morgan fingerprint density at radius 2 is 2.43 bits per heavy atom. The largest absolute Gasteiger partial charge is 0.447 e. The van der Waals surface area contributed by atoms with Gasteiger partial charge in [-0.3, -0.25) is 0 Å². The molecular weight excluding hydrogens is 98.0 g/mol. The lowest BCUT2D eigenvalue weighted by Gasteiger charge is -1.92. The van der Waals surface area contributed by atoms with E-state index in [2.05, 4.69) is 10.5 Å². The van der Waals surface area contributed by atoms with E-state index in [1.165, 1.54) is 0 Å². The Balaban J connectivity index is 2.82. The molecule has 0 fully saturated rings. The predicted molar refractivity (Wildman–Crippen MR) is 22.6 cm³/mol. The van der Waals surface area contributed by atoms with Crippen LogP contribution < -0.4 is 5.73 Å². The average molecular weight is 105 g/mol. The molecule has 0 saturated heterocycles. The molecule has 0 aliphatic heterocycles. The lowest BCUT2D eigenvalue weighted by atomic mass is 10.8. The molecule has 0 rings (SSSR count). The maximum Gasteiger partial charge on any atom is 0.404 e. The predicted octanol–water partition coefficient (Wildman–Crippen LogP) is -0.926. The Hall–Kier alpha value is -0.770. The summed E-state index contributed by atoms with van der Waals surface area (Å²) in [4.78, 5) is 9.65. The summed E-state index contributed by atoms with van der Waals surface area (Å²) in [7, 11) is 0. The van der Waals surface area contributed by atoms with Crippen LogP contribution in [0.4, 0.5) is 4.79 Å². The number of carbonyl (C=O) groups excluding carboxylic acids is 1. The van der Waals surface area contributed by atoms with E-state index >= 15 is 0 Å². The monoisotopic (exact) mass is 105 g/mol. The highest BCUT2D eigenvalue weighted by atomic mass is 16.6. The minimum atomic E-state index is -0.853. The minimum Gasteiger partial charge on any atom is -0.447 e. The molecule has 0 heterocycles. The Labute approximate surface area is 40.9 Å². The topological polar surface area (TPSA) is 72.6 Å². The first kappa shape index (κ1) is 6.23. The van der Waals surface area contributed by atoms with Crippen molar-refractivity contribution in [3.63, 3.8) is 0 Å². The fraction of sp³-hybridized carbons (Fsp3) is 0.667. The zero-order chi connectivity index (χ0) is 5.70. The van der Waals surface area contributed by atoms with E-state index in [0.717, 1.165) is 0 Å². The fourth-order valence-corrected chi connectivity index (χ4v) is 0.146. The van der Waals surface area contributed by atoms with E-state index in [1.54, 1.807) is 0 Å². The molecular formula is C3H7NO3. The summed E-state index contributed by atoms with van der Waals surface area (Å²) in [6.45, 7) is -0.196. The van der Waals surface area contributed by atoms with Crippen molar-refractivity contribution in [1.82, 2.24) is 0 Å². The van der Waals surface area contributed by atoms with Crippen molar-refractivity contribution < 1.29 is 14.6 Å². The molecule has 0 bridgehead atoms. The van der Waals surface area contributed by atoms with E-state index in [0.29, 0.717) is 0 Å². The van der Waals surface area contributed by atoms with Crippen LogP contribution in [-0.4, -0.2) is 24.4 Å². The van der Waals surface area contributed by atoms with Gasteiger partial charge >= 0.3 is 6.09 Å². The molecule has 0 aromatic carbocycles. The van der Waals surface area contributed by atoms with Gasteiger partial charge in [0, 0.05) is 0 Å². The van der Waals surface area contributed by atoms with E-state index in [-0.39, 0.29) is 13.2 Å². The molecule has 42 valence electrons. The first-order valence-corrected chi connectivity index (χ1v) is 1.80. The molecule has 0 spiro atoms. The van der Waals surface area contributed by atoms with Crippen LogP contribution >= 0.6 is 0 Å². The zero-order valence-electron chi connectivity index (χ0n) is 3.76. The zero-order valence-corrected chi connectivity index (χ0v) is 3.76. The number of hydrogen-bond acceptors (Lipinski definition) is 3. The van der Waals surface area contributed by atoms with Crippen molar-refractivity contribution in [3.8, 4) is 0 Å². The standard InChI is InChI=1S/C3H7NO3/c4-3(6)7-2-1-5/h5H,1-2H2,(H2,4,6). The average Bonchev–Trinajstić information content (AvgIpc) is 1.61. The number of hydrogen-bond donors (Lipinski definition) is 2. The van der Waals surface area contributed by atoms with Crippen molar-refractivity contribution >= 4 is 6.09 Å². The molecule has 3 N–H and O–H groups in total. The van der Waals surface area contributed by atoms with E-state index in [4.69, 9.17) is 5.11 Å². The van der Waals surface area contributed by atoms with Crippen LogP contribution in [0.3, 0.4) is 0 Å². The Bertz CT molecular complexity index is 63.2. The maximum atomic E-state index is 9.65. The second-order valence-electron chi connectivity index (χ2n) is 0.891. The summed E-state index contributed by atoms with van der Waals surface area (Å²) in [5.41, 5.74) is 4.51. The maximum absolute atomic E-state index is 9.65. The third-order valence-corrected chi connectivity index (χ3v) is 0.336. The molecule has 0 aliphatic carbocycles. The highest BCUT2D eigenvalue weighted by Gasteiger charge is 1.87. The van der Waals surface area contributed by atoms with Gasteiger partial charge in [-0.05, 0) is 0 Å². The number of carbonyl (C=O) groups is 1. The van der Waals surface area contributed by atoms with Crippen LogP contribution in [0.25, 0.3) is 0 Å². The van der Waals surface area contributed by atoms with Crippen LogP contribution in [0, 0.1) is 0 Å².